The number of hydrogen-bond acceptors (Lipinski definition) is 3. The lowest BCUT2D eigenvalue weighted by atomic mass is 10.1. The number of aryl methyl sites for hydroxylation is 1. The van der Waals surface area contributed by atoms with Crippen LogP contribution in [-0.2, 0) is 0 Å². The molecule has 0 bridgehead atoms. The molecule has 0 spiro atoms. The van der Waals surface area contributed by atoms with Crippen LogP contribution in [0.2, 0.25) is 0 Å². The van der Waals surface area contributed by atoms with E-state index in [9.17, 15) is 0 Å². The lowest BCUT2D eigenvalue weighted by Gasteiger charge is -2.07. The van der Waals surface area contributed by atoms with E-state index in [4.69, 9.17) is 11.5 Å². The Bertz CT molecular complexity index is 253. The van der Waals surface area contributed by atoms with Crippen LogP contribution in [0.5, 0.6) is 0 Å². The summed E-state index contributed by atoms with van der Waals surface area (Å²) in [5.74, 6) is 0. The van der Waals surface area contributed by atoms with Crippen molar-refractivity contribution in [2.24, 2.45) is 11.5 Å². The van der Waals surface area contributed by atoms with Gasteiger partial charge in [0.1, 0.15) is 0 Å². The molecule has 0 amide bonds. The van der Waals surface area contributed by atoms with Gasteiger partial charge in [-0.1, -0.05) is 0 Å². The molecule has 2 nitrogen and oxygen atoms in total. The maximum absolute atomic E-state index is 6.00. The third-order valence-electron chi connectivity index (χ3n) is 1.96. The topological polar surface area (TPSA) is 52.0 Å². The number of hydrogen-bond donors (Lipinski definition) is 2. The smallest absolute Gasteiger partial charge is 0.0731 e. The highest BCUT2D eigenvalue weighted by molar-refractivity contribution is 9.11. The molecule has 1 aromatic rings. The Morgan fingerprint density at radius 2 is 2.31 bits per heavy atom. The maximum Gasteiger partial charge on any atom is 0.0731 e. The van der Waals surface area contributed by atoms with Gasteiger partial charge in [0, 0.05) is 10.9 Å². The second kappa shape index (κ2) is 5.10. The van der Waals surface area contributed by atoms with Crippen molar-refractivity contribution < 1.29 is 0 Å². The summed E-state index contributed by atoms with van der Waals surface area (Å²) in [6.45, 7) is 2.80. The fraction of sp³-hybridized carbons (Fsp3) is 0.556. The van der Waals surface area contributed by atoms with Crippen molar-refractivity contribution in [3.63, 3.8) is 0 Å². The van der Waals surface area contributed by atoms with Crippen LogP contribution in [0.25, 0.3) is 0 Å². The van der Waals surface area contributed by atoms with Crippen LogP contribution >= 0.6 is 27.3 Å². The highest BCUT2D eigenvalue weighted by Gasteiger charge is 2.09. The summed E-state index contributed by atoms with van der Waals surface area (Å²) in [5, 5.41) is 0. The molecule has 0 aliphatic rings. The van der Waals surface area contributed by atoms with Gasteiger partial charge in [-0.2, -0.15) is 0 Å². The Morgan fingerprint density at radius 3 is 2.77 bits per heavy atom. The zero-order chi connectivity index (χ0) is 9.84. The Hall–Kier alpha value is 0.100. The number of rotatable bonds is 4. The van der Waals surface area contributed by atoms with Crippen LogP contribution in [0.1, 0.15) is 29.3 Å². The molecule has 0 saturated heterocycles. The Morgan fingerprint density at radius 1 is 1.62 bits per heavy atom. The van der Waals surface area contributed by atoms with Crippen LogP contribution in [0.3, 0.4) is 0 Å². The molecule has 1 rings (SSSR count). The van der Waals surface area contributed by atoms with E-state index in [-0.39, 0.29) is 6.04 Å². The first-order valence-electron chi connectivity index (χ1n) is 4.36. The fourth-order valence-electron chi connectivity index (χ4n) is 1.15. The summed E-state index contributed by atoms with van der Waals surface area (Å²) in [6.07, 6.45) is 1.97. The quantitative estimate of drug-likeness (QED) is 0.877. The lowest BCUT2D eigenvalue weighted by Crippen LogP contribution is -2.10. The van der Waals surface area contributed by atoms with Crippen molar-refractivity contribution >= 4 is 27.3 Å². The first-order valence-corrected chi connectivity index (χ1v) is 5.97. The molecule has 74 valence electrons. The average molecular weight is 263 g/mol. The molecule has 4 heteroatoms. The lowest BCUT2D eigenvalue weighted by molar-refractivity contribution is 0.626. The summed E-state index contributed by atoms with van der Waals surface area (Å²) in [6, 6.07) is 2.30. The Kier molecular flexibility index (Phi) is 4.38. The summed E-state index contributed by atoms with van der Waals surface area (Å²) >= 11 is 5.21. The van der Waals surface area contributed by atoms with Gasteiger partial charge in [0.05, 0.1) is 3.79 Å². The molecule has 4 N–H and O–H groups in total. The van der Waals surface area contributed by atoms with Crippen LogP contribution in [0, 0.1) is 6.92 Å². The van der Waals surface area contributed by atoms with E-state index in [0.29, 0.717) is 0 Å². The number of thiophene rings is 1. The summed E-state index contributed by atoms with van der Waals surface area (Å²) in [4.78, 5) is 1.25. The van der Waals surface area contributed by atoms with Crippen molar-refractivity contribution in [2.45, 2.75) is 25.8 Å². The monoisotopic (exact) mass is 262 g/mol. The van der Waals surface area contributed by atoms with Crippen LogP contribution in [0.4, 0.5) is 0 Å². The molecule has 1 heterocycles. The zero-order valence-corrected chi connectivity index (χ0v) is 10.1. The molecule has 0 aliphatic carbocycles. The molecule has 0 unspecified atom stereocenters. The first kappa shape index (κ1) is 11.2. The average Bonchev–Trinajstić information content (AvgIpc) is 2.43. The largest absolute Gasteiger partial charge is 0.330 e. The Balaban J connectivity index is 2.60. The highest BCUT2D eigenvalue weighted by atomic mass is 79.9. The van der Waals surface area contributed by atoms with E-state index in [2.05, 4.69) is 28.9 Å². The molecule has 0 aliphatic heterocycles. The molecule has 0 aromatic carbocycles. The minimum Gasteiger partial charge on any atom is -0.330 e. The van der Waals surface area contributed by atoms with Gasteiger partial charge in [-0.3, -0.25) is 0 Å². The van der Waals surface area contributed by atoms with E-state index in [0.717, 1.165) is 19.4 Å². The molecule has 1 atom stereocenters. The van der Waals surface area contributed by atoms with E-state index < -0.39 is 0 Å². The zero-order valence-electron chi connectivity index (χ0n) is 7.72. The standard InChI is InChI=1S/C9H15BrN2S/c1-6-5-8(13-9(6)10)7(12)3-2-4-11/h5,7H,2-4,11-12H2,1H3/t7-/m0/s1. The number of nitrogens with two attached hydrogens (primary N) is 2. The van der Waals surface area contributed by atoms with Crippen LogP contribution in [0.15, 0.2) is 9.85 Å². The first-order chi connectivity index (χ1) is 6.15. The van der Waals surface area contributed by atoms with Gasteiger partial charge < -0.3 is 11.5 Å². The third-order valence-corrected chi connectivity index (χ3v) is 4.23. The van der Waals surface area contributed by atoms with Crippen LogP contribution in [-0.4, -0.2) is 6.54 Å². The summed E-state index contributed by atoms with van der Waals surface area (Å²) < 4.78 is 1.19. The Labute approximate surface area is 91.4 Å². The molecular weight excluding hydrogens is 248 g/mol. The van der Waals surface area contributed by atoms with Gasteiger partial charge in [-0.05, 0) is 53.9 Å². The highest BCUT2D eigenvalue weighted by Crippen LogP contribution is 2.31. The molecule has 0 radical (unpaired) electrons. The minimum absolute atomic E-state index is 0.151. The molecule has 0 saturated carbocycles. The van der Waals surface area contributed by atoms with Crippen LogP contribution < -0.4 is 11.5 Å². The van der Waals surface area contributed by atoms with Gasteiger partial charge in [0.15, 0.2) is 0 Å². The van der Waals surface area contributed by atoms with Gasteiger partial charge in [0.25, 0.3) is 0 Å². The molecular formula is C9H15BrN2S. The maximum atomic E-state index is 6.00. The van der Waals surface area contributed by atoms with E-state index >= 15 is 0 Å². The van der Waals surface area contributed by atoms with Crippen molar-refractivity contribution in [3.05, 3.63) is 20.3 Å². The van der Waals surface area contributed by atoms with Gasteiger partial charge in [-0.25, -0.2) is 0 Å². The SMILES string of the molecule is Cc1cc([C@@H](N)CCCN)sc1Br. The second-order valence-corrected chi connectivity index (χ2v) is 5.54. The van der Waals surface area contributed by atoms with Gasteiger partial charge in [0.2, 0.25) is 0 Å². The van der Waals surface area contributed by atoms with Crippen molar-refractivity contribution in [2.75, 3.05) is 6.54 Å². The predicted molar refractivity (Wildman–Crippen MR) is 62.0 cm³/mol. The van der Waals surface area contributed by atoms with E-state index in [1.165, 1.54) is 14.2 Å². The van der Waals surface area contributed by atoms with Crippen molar-refractivity contribution in [1.82, 2.24) is 0 Å². The second-order valence-electron chi connectivity index (χ2n) is 3.14. The van der Waals surface area contributed by atoms with E-state index in [1.807, 2.05) is 0 Å². The molecule has 1 aromatic heterocycles. The van der Waals surface area contributed by atoms with Crippen molar-refractivity contribution in [3.8, 4) is 0 Å². The summed E-state index contributed by atoms with van der Waals surface area (Å²) in [5.41, 5.74) is 12.7. The summed E-state index contributed by atoms with van der Waals surface area (Å²) in [7, 11) is 0. The normalized spacial score (nSPS) is 13.2. The van der Waals surface area contributed by atoms with Gasteiger partial charge >= 0.3 is 0 Å². The van der Waals surface area contributed by atoms with Gasteiger partial charge in [-0.15, -0.1) is 11.3 Å². The predicted octanol–water partition coefficient (Wildman–Crippen LogP) is 2.56. The molecule has 13 heavy (non-hydrogen) atoms. The fourth-order valence-corrected chi connectivity index (χ4v) is 2.75. The minimum atomic E-state index is 0.151. The number of halogens is 1. The third kappa shape index (κ3) is 3.06. The molecule has 0 fully saturated rings. The van der Waals surface area contributed by atoms with Crippen molar-refractivity contribution in [1.29, 1.82) is 0 Å². The van der Waals surface area contributed by atoms with E-state index in [1.54, 1.807) is 11.3 Å².